The van der Waals surface area contributed by atoms with Crippen LogP contribution in [0, 0.1) is 6.92 Å². The summed E-state index contributed by atoms with van der Waals surface area (Å²) in [5, 5.41) is 14.1. The van der Waals surface area contributed by atoms with E-state index < -0.39 is 0 Å². The van der Waals surface area contributed by atoms with Gasteiger partial charge in [0.05, 0.1) is 12.7 Å². The number of methoxy groups -OCH3 is 1. The highest BCUT2D eigenvalue weighted by Crippen LogP contribution is 2.22. The van der Waals surface area contributed by atoms with E-state index in [0.717, 1.165) is 16.0 Å². The van der Waals surface area contributed by atoms with Gasteiger partial charge >= 0.3 is 5.52 Å². The third-order valence-electron chi connectivity index (χ3n) is 3.08. The van der Waals surface area contributed by atoms with E-state index in [9.17, 15) is 5.21 Å². The molecular weight excluding hydrogens is 244 g/mol. The molecule has 1 N–H and O–H groups in total. The van der Waals surface area contributed by atoms with E-state index in [2.05, 4.69) is 5.16 Å². The fourth-order valence-corrected chi connectivity index (χ4v) is 2.08. The number of fused-ring (bicyclic) bond motifs is 1. The molecule has 0 atom stereocenters. The van der Waals surface area contributed by atoms with Gasteiger partial charge in [-0.1, -0.05) is 5.16 Å². The first-order chi connectivity index (χ1) is 9.20. The minimum atomic E-state index is 0.553. The van der Waals surface area contributed by atoms with Crippen LogP contribution in [-0.2, 0) is 0 Å². The number of rotatable bonds is 2. The lowest BCUT2D eigenvalue weighted by atomic mass is 10.1. The van der Waals surface area contributed by atoms with E-state index in [-0.39, 0.29) is 0 Å². The monoisotopic (exact) mass is 257 g/mol. The van der Waals surface area contributed by atoms with Crippen LogP contribution < -0.4 is 9.47 Å². The topological polar surface area (TPSA) is 59.4 Å². The third-order valence-corrected chi connectivity index (χ3v) is 3.08. The van der Waals surface area contributed by atoms with Gasteiger partial charge in [-0.25, -0.2) is 0 Å². The SMILES string of the molecule is COc1ccc(-c2ccc3onc(C)c3[n+]2O)cc1. The van der Waals surface area contributed by atoms with Gasteiger partial charge in [0, 0.05) is 10.8 Å². The summed E-state index contributed by atoms with van der Waals surface area (Å²) in [4.78, 5) is 0. The molecule has 5 heteroatoms. The Kier molecular flexibility index (Phi) is 2.59. The van der Waals surface area contributed by atoms with Crippen molar-refractivity contribution in [1.82, 2.24) is 5.16 Å². The van der Waals surface area contributed by atoms with Gasteiger partial charge in [0.1, 0.15) is 5.75 Å². The number of aryl methyl sites for hydroxylation is 1. The van der Waals surface area contributed by atoms with E-state index in [1.54, 1.807) is 26.2 Å². The summed E-state index contributed by atoms with van der Waals surface area (Å²) in [5.41, 5.74) is 3.32. The number of hydrogen-bond acceptors (Lipinski definition) is 4. The van der Waals surface area contributed by atoms with Gasteiger partial charge in [-0.15, -0.1) is 0 Å². The summed E-state index contributed by atoms with van der Waals surface area (Å²) in [6.07, 6.45) is 0. The van der Waals surface area contributed by atoms with Gasteiger partial charge < -0.3 is 9.26 Å². The summed E-state index contributed by atoms with van der Waals surface area (Å²) < 4.78 is 11.3. The van der Waals surface area contributed by atoms with E-state index in [0.29, 0.717) is 22.5 Å². The summed E-state index contributed by atoms with van der Waals surface area (Å²) in [7, 11) is 1.62. The number of aromatic nitrogens is 2. The molecule has 0 saturated carbocycles. The van der Waals surface area contributed by atoms with Crippen LogP contribution in [0.15, 0.2) is 40.9 Å². The maximum absolute atomic E-state index is 10.3. The Hall–Kier alpha value is -2.56. The molecule has 19 heavy (non-hydrogen) atoms. The van der Waals surface area contributed by atoms with Crippen molar-refractivity contribution in [2.24, 2.45) is 0 Å². The van der Waals surface area contributed by atoms with Crippen molar-refractivity contribution in [2.45, 2.75) is 6.92 Å². The van der Waals surface area contributed by atoms with Crippen LogP contribution in [0.25, 0.3) is 22.4 Å². The van der Waals surface area contributed by atoms with Crippen molar-refractivity contribution in [3.63, 3.8) is 0 Å². The average Bonchev–Trinajstić information content (AvgIpc) is 2.82. The molecule has 0 aliphatic carbocycles. The fourth-order valence-electron chi connectivity index (χ4n) is 2.08. The highest BCUT2D eigenvalue weighted by atomic mass is 16.5. The Morgan fingerprint density at radius 1 is 1.16 bits per heavy atom. The molecule has 0 bridgehead atoms. The molecule has 0 aliphatic rings. The highest BCUT2D eigenvalue weighted by Gasteiger charge is 2.23. The van der Waals surface area contributed by atoms with Crippen molar-refractivity contribution in [3.8, 4) is 17.0 Å². The van der Waals surface area contributed by atoms with Gasteiger partial charge in [-0.05, 0) is 37.3 Å². The molecule has 1 aromatic carbocycles. The van der Waals surface area contributed by atoms with Crippen LogP contribution in [0.4, 0.5) is 0 Å². The fraction of sp³-hybridized carbons (Fsp3) is 0.143. The lowest BCUT2D eigenvalue weighted by Gasteiger charge is -2.01. The van der Waals surface area contributed by atoms with Crippen molar-refractivity contribution in [1.29, 1.82) is 0 Å². The smallest absolute Gasteiger partial charge is 0.327 e. The van der Waals surface area contributed by atoms with Gasteiger partial charge in [0.15, 0.2) is 5.69 Å². The molecule has 96 valence electrons. The van der Waals surface area contributed by atoms with Crippen molar-refractivity contribution >= 4 is 11.1 Å². The molecular formula is C14H13N2O3+. The largest absolute Gasteiger partial charge is 0.497 e. The van der Waals surface area contributed by atoms with Crippen molar-refractivity contribution in [2.75, 3.05) is 7.11 Å². The third kappa shape index (κ3) is 1.79. The lowest BCUT2D eigenvalue weighted by Crippen LogP contribution is -2.33. The normalized spacial score (nSPS) is 10.8. The maximum atomic E-state index is 10.3. The van der Waals surface area contributed by atoms with E-state index in [1.165, 1.54) is 0 Å². The maximum Gasteiger partial charge on any atom is 0.327 e. The van der Waals surface area contributed by atoms with Crippen molar-refractivity contribution in [3.05, 3.63) is 42.1 Å². The van der Waals surface area contributed by atoms with Crippen LogP contribution in [0.1, 0.15) is 5.69 Å². The second kappa shape index (κ2) is 4.28. The predicted octanol–water partition coefficient (Wildman–Crippen LogP) is 2.34. The molecule has 2 aromatic heterocycles. The van der Waals surface area contributed by atoms with Crippen LogP contribution >= 0.6 is 0 Å². The van der Waals surface area contributed by atoms with Crippen LogP contribution in [0.3, 0.4) is 0 Å². The minimum Gasteiger partial charge on any atom is -0.497 e. The quantitative estimate of drug-likeness (QED) is 0.565. The van der Waals surface area contributed by atoms with Gasteiger partial charge in [0.2, 0.25) is 5.58 Å². The molecule has 0 fully saturated rings. The van der Waals surface area contributed by atoms with E-state index in [4.69, 9.17) is 9.26 Å². The van der Waals surface area contributed by atoms with Gasteiger partial charge in [-0.3, -0.25) is 5.21 Å². The first-order valence-electron chi connectivity index (χ1n) is 5.85. The van der Waals surface area contributed by atoms with Gasteiger partial charge in [0.25, 0.3) is 5.69 Å². The summed E-state index contributed by atoms with van der Waals surface area (Å²) in [6, 6.07) is 11.0. The molecule has 0 saturated heterocycles. The Morgan fingerprint density at radius 3 is 2.58 bits per heavy atom. The summed E-state index contributed by atoms with van der Waals surface area (Å²) >= 11 is 0. The molecule has 5 nitrogen and oxygen atoms in total. The number of ether oxygens (including phenoxy) is 1. The van der Waals surface area contributed by atoms with Gasteiger partial charge in [-0.2, -0.15) is 0 Å². The van der Waals surface area contributed by atoms with E-state index in [1.807, 2.05) is 24.3 Å². The van der Waals surface area contributed by atoms with Crippen LogP contribution in [0.5, 0.6) is 5.75 Å². The second-order valence-electron chi connectivity index (χ2n) is 4.24. The zero-order valence-corrected chi connectivity index (χ0v) is 10.6. The zero-order chi connectivity index (χ0) is 13.4. The molecule has 2 heterocycles. The first kappa shape index (κ1) is 11.5. The molecule has 0 spiro atoms. The number of nitrogens with zero attached hydrogens (tertiary/aromatic N) is 2. The minimum absolute atomic E-state index is 0.553. The molecule has 0 aliphatic heterocycles. The Bertz CT molecular complexity index is 732. The lowest BCUT2D eigenvalue weighted by molar-refractivity contribution is -0.876. The second-order valence-corrected chi connectivity index (χ2v) is 4.24. The van der Waals surface area contributed by atoms with E-state index >= 15 is 0 Å². The van der Waals surface area contributed by atoms with Crippen LogP contribution in [-0.4, -0.2) is 17.5 Å². The molecule has 0 unspecified atom stereocenters. The standard InChI is InChI=1S/C14H13N2O3/c1-9-14-13(19-15-9)8-7-12(16(14)17)10-3-5-11(18-2)6-4-10/h3-8,17H,1-2H3/q+1. The Labute approximate surface area is 109 Å². The van der Waals surface area contributed by atoms with Crippen molar-refractivity contribution < 1.29 is 19.2 Å². The predicted molar refractivity (Wildman–Crippen MR) is 68.1 cm³/mol. The molecule has 3 aromatic rings. The molecule has 0 amide bonds. The molecule has 0 radical (unpaired) electrons. The highest BCUT2D eigenvalue weighted by molar-refractivity contribution is 5.73. The Morgan fingerprint density at radius 2 is 1.89 bits per heavy atom. The summed E-state index contributed by atoms with van der Waals surface area (Å²) in [6.45, 7) is 1.79. The number of pyridine rings is 1. The number of hydrogen-bond donors (Lipinski definition) is 1. The average molecular weight is 257 g/mol. The number of benzene rings is 1. The van der Waals surface area contributed by atoms with Crippen LogP contribution in [0.2, 0.25) is 0 Å². The molecule has 3 rings (SSSR count). The zero-order valence-electron chi connectivity index (χ0n) is 10.6. The Balaban J connectivity index is 2.18. The first-order valence-corrected chi connectivity index (χ1v) is 5.85. The summed E-state index contributed by atoms with van der Waals surface area (Å²) in [5.74, 6) is 0.774.